The van der Waals surface area contributed by atoms with Crippen molar-refractivity contribution in [2.24, 2.45) is 0 Å². The molecule has 2 saturated heterocycles. The van der Waals surface area contributed by atoms with Gasteiger partial charge < -0.3 is 15.4 Å². The lowest BCUT2D eigenvalue weighted by Gasteiger charge is -2.13. The van der Waals surface area contributed by atoms with Crippen molar-refractivity contribution in [3.63, 3.8) is 0 Å². The van der Waals surface area contributed by atoms with Crippen LogP contribution >= 0.6 is 0 Å². The highest BCUT2D eigenvalue weighted by Crippen LogP contribution is 2.11. The first-order valence-corrected chi connectivity index (χ1v) is 8.19. The van der Waals surface area contributed by atoms with Crippen LogP contribution in [0.5, 0.6) is 0 Å². The van der Waals surface area contributed by atoms with E-state index in [2.05, 4.69) is 10.6 Å². The fraction of sp³-hybridized carbons (Fsp3) is 0.909. The van der Waals surface area contributed by atoms with Crippen molar-refractivity contribution in [1.82, 2.24) is 10.6 Å². The topological polar surface area (TPSA) is 84.5 Å². The van der Waals surface area contributed by atoms with Gasteiger partial charge in [-0.2, -0.15) is 0 Å². The minimum atomic E-state index is -2.93. The highest BCUT2D eigenvalue weighted by molar-refractivity contribution is 7.91. The van der Waals surface area contributed by atoms with Crippen molar-refractivity contribution >= 4 is 15.7 Å². The van der Waals surface area contributed by atoms with Gasteiger partial charge in [0.05, 0.1) is 24.2 Å². The number of amides is 1. The SMILES string of the molecule is O=C(CNC[C@@H]1CCCO1)N[C@@H]1CCS(=O)(=O)C1. The molecule has 2 aliphatic heterocycles. The van der Waals surface area contributed by atoms with Gasteiger partial charge in [0.15, 0.2) is 9.84 Å². The van der Waals surface area contributed by atoms with Crippen LogP contribution in [0.3, 0.4) is 0 Å². The average molecular weight is 276 g/mol. The van der Waals surface area contributed by atoms with Gasteiger partial charge in [-0.15, -0.1) is 0 Å². The van der Waals surface area contributed by atoms with E-state index in [1.165, 1.54) is 0 Å². The van der Waals surface area contributed by atoms with E-state index in [-0.39, 0.29) is 36.1 Å². The molecule has 18 heavy (non-hydrogen) atoms. The van der Waals surface area contributed by atoms with Crippen LogP contribution in [0.1, 0.15) is 19.3 Å². The predicted molar refractivity (Wildman–Crippen MR) is 67.0 cm³/mol. The molecule has 0 aliphatic carbocycles. The number of rotatable bonds is 5. The molecule has 2 N–H and O–H groups in total. The molecule has 0 saturated carbocycles. The van der Waals surface area contributed by atoms with Crippen LogP contribution in [0, 0.1) is 0 Å². The fourth-order valence-corrected chi connectivity index (χ4v) is 4.01. The minimum absolute atomic E-state index is 0.0739. The van der Waals surface area contributed by atoms with Gasteiger partial charge in [0.2, 0.25) is 5.91 Å². The van der Waals surface area contributed by atoms with E-state index in [9.17, 15) is 13.2 Å². The van der Waals surface area contributed by atoms with Gasteiger partial charge in [-0.25, -0.2) is 8.42 Å². The first kappa shape index (κ1) is 13.8. The molecular weight excluding hydrogens is 256 g/mol. The third kappa shape index (κ3) is 4.22. The van der Waals surface area contributed by atoms with Gasteiger partial charge in [-0.3, -0.25) is 4.79 Å². The van der Waals surface area contributed by atoms with Crippen molar-refractivity contribution in [3.8, 4) is 0 Å². The summed E-state index contributed by atoms with van der Waals surface area (Å²) < 4.78 is 27.9. The number of hydrogen-bond acceptors (Lipinski definition) is 5. The number of carbonyl (C=O) groups is 1. The van der Waals surface area contributed by atoms with Gasteiger partial charge in [0, 0.05) is 19.2 Å². The van der Waals surface area contributed by atoms with Crippen molar-refractivity contribution in [1.29, 1.82) is 0 Å². The number of ether oxygens (including phenoxy) is 1. The third-order valence-electron chi connectivity index (χ3n) is 3.28. The molecule has 2 rings (SSSR count). The van der Waals surface area contributed by atoms with Crippen LogP contribution < -0.4 is 10.6 Å². The normalized spacial score (nSPS) is 30.4. The van der Waals surface area contributed by atoms with Gasteiger partial charge in [0.25, 0.3) is 0 Å². The highest BCUT2D eigenvalue weighted by atomic mass is 32.2. The summed E-state index contributed by atoms with van der Waals surface area (Å²) in [6, 6.07) is -0.216. The molecule has 0 aromatic carbocycles. The summed E-state index contributed by atoms with van der Waals surface area (Å²) in [5, 5.41) is 5.77. The second-order valence-electron chi connectivity index (χ2n) is 4.93. The van der Waals surface area contributed by atoms with Gasteiger partial charge in [-0.05, 0) is 19.3 Å². The number of hydrogen-bond donors (Lipinski definition) is 2. The maximum absolute atomic E-state index is 11.6. The Hall–Kier alpha value is -0.660. The van der Waals surface area contributed by atoms with Crippen LogP contribution in [-0.4, -0.2) is 57.7 Å². The van der Waals surface area contributed by atoms with E-state index >= 15 is 0 Å². The van der Waals surface area contributed by atoms with Crippen molar-refractivity contribution < 1.29 is 17.9 Å². The Morgan fingerprint density at radius 1 is 1.33 bits per heavy atom. The zero-order valence-electron chi connectivity index (χ0n) is 10.4. The Bertz CT molecular complexity index is 390. The lowest BCUT2D eigenvalue weighted by Crippen LogP contribution is -2.42. The largest absolute Gasteiger partial charge is 0.377 e. The molecule has 2 heterocycles. The van der Waals surface area contributed by atoms with Gasteiger partial charge in [0.1, 0.15) is 0 Å². The molecule has 0 radical (unpaired) electrons. The Balaban J connectivity index is 1.60. The summed E-state index contributed by atoms with van der Waals surface area (Å²) in [6.07, 6.45) is 2.86. The molecule has 104 valence electrons. The third-order valence-corrected chi connectivity index (χ3v) is 5.05. The average Bonchev–Trinajstić information content (AvgIpc) is 2.88. The summed E-state index contributed by atoms with van der Waals surface area (Å²) in [6.45, 7) is 1.70. The maximum atomic E-state index is 11.6. The highest BCUT2D eigenvalue weighted by Gasteiger charge is 2.28. The Morgan fingerprint density at radius 3 is 2.78 bits per heavy atom. The Labute approximate surface area is 107 Å². The van der Waals surface area contributed by atoms with Crippen LogP contribution in [0.2, 0.25) is 0 Å². The molecule has 0 aromatic heterocycles. The lowest BCUT2D eigenvalue weighted by atomic mass is 10.2. The molecule has 0 bridgehead atoms. The quantitative estimate of drug-likeness (QED) is 0.677. The molecule has 1 amide bonds. The Morgan fingerprint density at radius 2 is 2.17 bits per heavy atom. The van der Waals surface area contributed by atoms with E-state index < -0.39 is 9.84 Å². The molecule has 2 aliphatic rings. The van der Waals surface area contributed by atoms with E-state index in [1.54, 1.807) is 0 Å². The molecule has 2 atom stereocenters. The zero-order valence-corrected chi connectivity index (χ0v) is 11.2. The summed E-state index contributed by atoms with van der Waals surface area (Å²) in [7, 11) is -2.93. The van der Waals surface area contributed by atoms with Crippen LogP contribution in [0.25, 0.3) is 0 Å². The van der Waals surface area contributed by atoms with Crippen molar-refractivity contribution in [2.75, 3.05) is 31.2 Å². The molecule has 0 unspecified atom stereocenters. The molecule has 7 heteroatoms. The second kappa shape index (κ2) is 5.99. The van der Waals surface area contributed by atoms with E-state index in [1.807, 2.05) is 0 Å². The maximum Gasteiger partial charge on any atom is 0.234 e. The van der Waals surface area contributed by atoms with Gasteiger partial charge >= 0.3 is 0 Å². The number of sulfone groups is 1. The molecule has 0 spiro atoms. The van der Waals surface area contributed by atoms with Crippen LogP contribution in [-0.2, 0) is 19.4 Å². The van der Waals surface area contributed by atoms with Gasteiger partial charge in [-0.1, -0.05) is 0 Å². The Kier molecular flexibility index (Phi) is 4.58. The smallest absolute Gasteiger partial charge is 0.234 e. The summed E-state index contributed by atoms with van der Waals surface area (Å²) in [4.78, 5) is 11.6. The van der Waals surface area contributed by atoms with E-state index in [0.29, 0.717) is 13.0 Å². The van der Waals surface area contributed by atoms with Crippen molar-refractivity contribution in [2.45, 2.75) is 31.4 Å². The van der Waals surface area contributed by atoms with E-state index in [4.69, 9.17) is 4.74 Å². The monoisotopic (exact) mass is 276 g/mol. The standard InChI is InChI=1S/C11H20N2O4S/c14-11(7-12-6-10-2-1-4-17-10)13-9-3-5-18(15,16)8-9/h9-10,12H,1-8H2,(H,13,14)/t9-,10+/m1/s1. The molecule has 2 fully saturated rings. The first-order valence-electron chi connectivity index (χ1n) is 6.37. The summed E-state index contributed by atoms with van der Waals surface area (Å²) in [5.41, 5.74) is 0. The minimum Gasteiger partial charge on any atom is -0.377 e. The first-order chi connectivity index (χ1) is 8.55. The second-order valence-corrected chi connectivity index (χ2v) is 7.16. The molecule has 0 aromatic rings. The lowest BCUT2D eigenvalue weighted by molar-refractivity contribution is -0.120. The number of carbonyl (C=O) groups excluding carboxylic acids is 1. The van der Waals surface area contributed by atoms with E-state index in [0.717, 1.165) is 19.4 Å². The molecule has 6 nitrogen and oxygen atoms in total. The predicted octanol–water partition coefficient (Wildman–Crippen LogP) is -0.942. The molecular formula is C11H20N2O4S. The summed E-state index contributed by atoms with van der Waals surface area (Å²) in [5.74, 6) is 0.112. The number of nitrogens with one attached hydrogen (secondary N) is 2. The van der Waals surface area contributed by atoms with Crippen LogP contribution in [0.15, 0.2) is 0 Å². The van der Waals surface area contributed by atoms with Crippen molar-refractivity contribution in [3.05, 3.63) is 0 Å². The fourth-order valence-electron chi connectivity index (χ4n) is 2.34. The zero-order chi connectivity index (χ0) is 13.0. The van der Waals surface area contributed by atoms with Crippen LogP contribution in [0.4, 0.5) is 0 Å². The summed E-state index contributed by atoms with van der Waals surface area (Å²) >= 11 is 0.